The molecule has 21 heavy (non-hydrogen) atoms. The Morgan fingerprint density at radius 1 is 1.24 bits per heavy atom. The number of aromatic nitrogens is 1. The van der Waals surface area contributed by atoms with Crippen molar-refractivity contribution in [2.75, 3.05) is 24.6 Å². The molecule has 0 aliphatic carbocycles. The van der Waals surface area contributed by atoms with Gasteiger partial charge in [0.2, 0.25) is 0 Å². The van der Waals surface area contributed by atoms with E-state index < -0.39 is 0 Å². The summed E-state index contributed by atoms with van der Waals surface area (Å²) >= 11 is 0. The van der Waals surface area contributed by atoms with Crippen molar-refractivity contribution < 1.29 is 4.74 Å². The van der Waals surface area contributed by atoms with Crippen LogP contribution in [0.2, 0.25) is 0 Å². The maximum atomic E-state index is 5.88. The van der Waals surface area contributed by atoms with Crippen LogP contribution in [0.25, 0.3) is 0 Å². The molecule has 0 spiro atoms. The first-order valence-electron chi connectivity index (χ1n) is 7.60. The Bertz CT molecular complexity index is 570. The summed E-state index contributed by atoms with van der Waals surface area (Å²) in [7, 11) is 0. The highest BCUT2D eigenvalue weighted by molar-refractivity contribution is 5.52. The van der Waals surface area contributed by atoms with Crippen LogP contribution in [0.15, 0.2) is 48.8 Å². The van der Waals surface area contributed by atoms with Gasteiger partial charge in [-0.05, 0) is 30.5 Å². The molecule has 1 saturated heterocycles. The van der Waals surface area contributed by atoms with Crippen molar-refractivity contribution in [3.8, 4) is 0 Å². The lowest BCUT2D eigenvalue weighted by Crippen LogP contribution is -2.22. The number of pyridine rings is 1. The Kier molecular flexibility index (Phi) is 4.51. The van der Waals surface area contributed by atoms with Crippen LogP contribution in [-0.2, 0) is 11.3 Å². The van der Waals surface area contributed by atoms with Crippen molar-refractivity contribution in [3.05, 3.63) is 59.9 Å². The summed E-state index contributed by atoms with van der Waals surface area (Å²) in [5.74, 6) is 0.626. The van der Waals surface area contributed by atoms with E-state index in [-0.39, 0.29) is 0 Å². The van der Waals surface area contributed by atoms with Gasteiger partial charge in [-0.25, -0.2) is 0 Å². The largest absolute Gasteiger partial charge is 0.376 e. The second-order valence-corrected chi connectivity index (χ2v) is 5.76. The van der Waals surface area contributed by atoms with Gasteiger partial charge in [-0.1, -0.05) is 30.3 Å². The van der Waals surface area contributed by atoms with Crippen LogP contribution in [0.3, 0.4) is 0 Å². The molecule has 0 saturated carbocycles. The predicted octanol–water partition coefficient (Wildman–Crippen LogP) is 3.43. The molecular formula is C18H22N2O. The van der Waals surface area contributed by atoms with Crippen LogP contribution in [0.5, 0.6) is 0 Å². The molecule has 3 nitrogen and oxygen atoms in total. The molecule has 1 aliphatic heterocycles. The molecule has 2 aromatic rings. The van der Waals surface area contributed by atoms with Crippen LogP contribution in [0.4, 0.5) is 5.69 Å². The second kappa shape index (κ2) is 6.72. The van der Waals surface area contributed by atoms with Crippen LogP contribution >= 0.6 is 0 Å². The molecule has 0 N–H and O–H groups in total. The zero-order valence-electron chi connectivity index (χ0n) is 12.5. The maximum Gasteiger partial charge on any atom is 0.0717 e. The lowest BCUT2D eigenvalue weighted by atomic mass is 10.1. The van der Waals surface area contributed by atoms with Gasteiger partial charge >= 0.3 is 0 Å². The number of ether oxygens (including phenoxy) is 1. The summed E-state index contributed by atoms with van der Waals surface area (Å²) in [6, 6.07) is 12.5. The fraction of sp³-hybridized carbons (Fsp3) is 0.389. The average molecular weight is 282 g/mol. The molecule has 1 aromatic heterocycles. The molecule has 110 valence electrons. The smallest absolute Gasteiger partial charge is 0.0717 e. The van der Waals surface area contributed by atoms with Crippen molar-refractivity contribution in [3.63, 3.8) is 0 Å². The monoisotopic (exact) mass is 282 g/mol. The number of anilines is 1. The van der Waals surface area contributed by atoms with Crippen molar-refractivity contribution >= 4 is 5.69 Å². The minimum Gasteiger partial charge on any atom is -0.376 e. The topological polar surface area (TPSA) is 25.4 Å². The Morgan fingerprint density at radius 2 is 2.10 bits per heavy atom. The van der Waals surface area contributed by atoms with E-state index in [1.54, 1.807) is 0 Å². The van der Waals surface area contributed by atoms with Crippen molar-refractivity contribution in [2.45, 2.75) is 20.0 Å². The molecule has 0 bridgehead atoms. The molecule has 1 atom stereocenters. The quantitative estimate of drug-likeness (QED) is 0.840. The first kappa shape index (κ1) is 14.1. The highest BCUT2D eigenvalue weighted by Crippen LogP contribution is 2.26. The van der Waals surface area contributed by atoms with E-state index in [1.165, 1.54) is 23.2 Å². The summed E-state index contributed by atoms with van der Waals surface area (Å²) < 4.78 is 5.88. The van der Waals surface area contributed by atoms with Gasteiger partial charge in [0.25, 0.3) is 0 Å². The van der Waals surface area contributed by atoms with Crippen LogP contribution in [0, 0.1) is 12.8 Å². The predicted molar refractivity (Wildman–Crippen MR) is 85.4 cm³/mol. The maximum absolute atomic E-state index is 5.88. The van der Waals surface area contributed by atoms with Crippen LogP contribution < -0.4 is 4.90 Å². The summed E-state index contributed by atoms with van der Waals surface area (Å²) in [4.78, 5) is 6.62. The van der Waals surface area contributed by atoms with E-state index in [0.29, 0.717) is 12.5 Å². The van der Waals surface area contributed by atoms with Crippen molar-refractivity contribution in [1.29, 1.82) is 0 Å². The minimum absolute atomic E-state index is 0.626. The normalized spacial score (nSPS) is 18.1. The van der Waals surface area contributed by atoms with Crippen molar-refractivity contribution in [2.24, 2.45) is 5.92 Å². The molecule has 1 fully saturated rings. The Morgan fingerprint density at radius 3 is 2.90 bits per heavy atom. The molecule has 0 amide bonds. The molecule has 1 aromatic carbocycles. The molecule has 2 heterocycles. The lowest BCUT2D eigenvalue weighted by molar-refractivity contribution is 0.0929. The third kappa shape index (κ3) is 3.61. The summed E-state index contributed by atoms with van der Waals surface area (Å²) in [6.45, 7) is 5.88. The molecular weight excluding hydrogens is 260 g/mol. The van der Waals surface area contributed by atoms with Crippen LogP contribution in [-0.4, -0.2) is 24.7 Å². The van der Waals surface area contributed by atoms with E-state index in [4.69, 9.17) is 4.74 Å². The number of aryl methyl sites for hydroxylation is 1. The molecule has 0 radical (unpaired) electrons. The first-order chi connectivity index (χ1) is 10.3. The Labute approximate surface area is 126 Å². The van der Waals surface area contributed by atoms with Gasteiger partial charge in [-0.15, -0.1) is 0 Å². The van der Waals surface area contributed by atoms with Gasteiger partial charge in [0.05, 0.1) is 13.2 Å². The molecule has 1 unspecified atom stereocenters. The summed E-state index contributed by atoms with van der Waals surface area (Å²) in [6.07, 6.45) is 5.02. The second-order valence-electron chi connectivity index (χ2n) is 5.76. The highest BCUT2D eigenvalue weighted by atomic mass is 16.5. The van der Waals surface area contributed by atoms with Gasteiger partial charge in [-0.3, -0.25) is 4.98 Å². The van der Waals surface area contributed by atoms with Gasteiger partial charge in [0, 0.05) is 37.1 Å². The number of rotatable bonds is 5. The Hall–Kier alpha value is -1.87. The fourth-order valence-corrected chi connectivity index (χ4v) is 2.93. The molecule has 3 heteroatoms. The third-order valence-corrected chi connectivity index (χ3v) is 4.08. The molecule has 1 aliphatic rings. The minimum atomic E-state index is 0.626. The third-order valence-electron chi connectivity index (χ3n) is 4.08. The van der Waals surface area contributed by atoms with E-state index in [1.807, 2.05) is 18.5 Å². The number of hydrogen-bond acceptors (Lipinski definition) is 3. The first-order valence-corrected chi connectivity index (χ1v) is 7.60. The van der Waals surface area contributed by atoms with E-state index in [2.05, 4.69) is 47.1 Å². The Balaban J connectivity index is 1.48. The summed E-state index contributed by atoms with van der Waals surface area (Å²) in [5.41, 5.74) is 3.82. The van der Waals surface area contributed by atoms with Gasteiger partial charge < -0.3 is 9.64 Å². The van der Waals surface area contributed by atoms with Gasteiger partial charge in [0.1, 0.15) is 0 Å². The molecule has 3 rings (SSSR count). The number of benzene rings is 1. The summed E-state index contributed by atoms with van der Waals surface area (Å²) in [5, 5.41) is 0. The van der Waals surface area contributed by atoms with E-state index >= 15 is 0 Å². The van der Waals surface area contributed by atoms with E-state index in [0.717, 1.165) is 19.7 Å². The van der Waals surface area contributed by atoms with Gasteiger partial charge in [-0.2, -0.15) is 0 Å². The standard InChI is InChI=1S/C18H22N2O/c1-15-11-19-9-7-18(15)20-10-8-17(12-20)14-21-13-16-5-3-2-4-6-16/h2-7,9,11,17H,8,10,12-14H2,1H3. The van der Waals surface area contributed by atoms with Crippen LogP contribution in [0.1, 0.15) is 17.5 Å². The van der Waals surface area contributed by atoms with Crippen molar-refractivity contribution in [1.82, 2.24) is 4.98 Å². The number of hydrogen-bond donors (Lipinski definition) is 0. The lowest BCUT2D eigenvalue weighted by Gasteiger charge is -2.20. The zero-order valence-corrected chi connectivity index (χ0v) is 12.5. The number of nitrogens with zero attached hydrogens (tertiary/aromatic N) is 2. The fourth-order valence-electron chi connectivity index (χ4n) is 2.93. The van der Waals surface area contributed by atoms with Gasteiger partial charge in [0.15, 0.2) is 0 Å². The average Bonchev–Trinajstić information content (AvgIpc) is 2.97. The SMILES string of the molecule is Cc1cnccc1N1CCC(COCc2ccccc2)C1. The highest BCUT2D eigenvalue weighted by Gasteiger charge is 2.23. The zero-order chi connectivity index (χ0) is 14.5. The van der Waals surface area contributed by atoms with E-state index in [9.17, 15) is 0 Å².